The van der Waals surface area contributed by atoms with Crippen molar-refractivity contribution >= 4 is 23.2 Å². The van der Waals surface area contributed by atoms with Gasteiger partial charge >= 0.3 is 5.97 Å². The molecule has 0 saturated carbocycles. The molecule has 0 fully saturated rings. The molecule has 1 unspecified atom stereocenters. The van der Waals surface area contributed by atoms with Crippen LogP contribution in [0, 0.1) is 12.7 Å². The number of hydrogen-bond donors (Lipinski definition) is 1. The number of nitrogens with one attached hydrogen (secondary N) is 1. The molecule has 1 N–H and O–H groups in total. The van der Waals surface area contributed by atoms with Gasteiger partial charge in [-0.2, -0.15) is 0 Å². The third-order valence-electron chi connectivity index (χ3n) is 3.10. The fourth-order valence-corrected chi connectivity index (χ4v) is 2.56. The van der Waals surface area contributed by atoms with Crippen LogP contribution >= 0.6 is 11.3 Å². The minimum Gasteiger partial charge on any atom is -0.455 e. The van der Waals surface area contributed by atoms with E-state index in [4.69, 9.17) is 4.74 Å². The van der Waals surface area contributed by atoms with E-state index < -0.39 is 11.9 Å². The standard InChI is InChI=1S/C16H17FN2O3S/c1-10(12-3-5-13(17)6-4-12)18-15(20)8-22-16(21)7-14-9-23-11(2)19-14/h3-6,9-10H,7-8H2,1-2H3,(H,18,20). The predicted molar refractivity (Wildman–Crippen MR) is 84.5 cm³/mol. The van der Waals surface area contributed by atoms with Crippen LogP contribution in [0.1, 0.15) is 29.2 Å². The number of aryl methyl sites for hydroxylation is 1. The summed E-state index contributed by atoms with van der Waals surface area (Å²) in [7, 11) is 0. The van der Waals surface area contributed by atoms with Crippen molar-refractivity contribution < 1.29 is 18.7 Å². The highest BCUT2D eigenvalue weighted by molar-refractivity contribution is 7.09. The SMILES string of the molecule is Cc1nc(CC(=O)OCC(=O)NC(C)c2ccc(F)cc2)cs1. The lowest BCUT2D eigenvalue weighted by molar-refractivity contribution is -0.148. The van der Waals surface area contributed by atoms with Gasteiger partial charge in [-0.1, -0.05) is 12.1 Å². The van der Waals surface area contributed by atoms with Crippen molar-refractivity contribution in [3.63, 3.8) is 0 Å². The van der Waals surface area contributed by atoms with Crippen molar-refractivity contribution in [3.05, 3.63) is 51.7 Å². The van der Waals surface area contributed by atoms with E-state index in [-0.39, 0.29) is 24.9 Å². The summed E-state index contributed by atoms with van der Waals surface area (Å²) < 4.78 is 17.8. The third-order valence-corrected chi connectivity index (χ3v) is 3.93. The summed E-state index contributed by atoms with van der Waals surface area (Å²) in [6.45, 7) is 3.27. The Morgan fingerprint density at radius 3 is 2.65 bits per heavy atom. The molecule has 0 aliphatic rings. The van der Waals surface area contributed by atoms with Crippen LogP contribution in [0.25, 0.3) is 0 Å². The molecule has 1 heterocycles. The van der Waals surface area contributed by atoms with Gasteiger partial charge in [-0.25, -0.2) is 9.37 Å². The highest BCUT2D eigenvalue weighted by Crippen LogP contribution is 2.12. The van der Waals surface area contributed by atoms with Crippen molar-refractivity contribution in [2.75, 3.05) is 6.61 Å². The van der Waals surface area contributed by atoms with E-state index in [9.17, 15) is 14.0 Å². The Balaban J connectivity index is 1.76. The zero-order chi connectivity index (χ0) is 16.8. The predicted octanol–water partition coefficient (Wildman–Crippen LogP) is 2.55. The van der Waals surface area contributed by atoms with Crippen LogP contribution in [0.2, 0.25) is 0 Å². The summed E-state index contributed by atoms with van der Waals surface area (Å²) in [5.41, 5.74) is 1.40. The number of thiazole rings is 1. The Bertz CT molecular complexity index is 685. The van der Waals surface area contributed by atoms with Crippen LogP contribution in [-0.4, -0.2) is 23.5 Å². The summed E-state index contributed by atoms with van der Waals surface area (Å²) in [5, 5.41) is 5.35. The molecule has 1 amide bonds. The lowest BCUT2D eigenvalue weighted by Crippen LogP contribution is -2.31. The molecule has 1 aromatic carbocycles. The van der Waals surface area contributed by atoms with E-state index in [1.54, 1.807) is 24.4 Å². The summed E-state index contributed by atoms with van der Waals surface area (Å²) in [6.07, 6.45) is 0.0468. The van der Waals surface area contributed by atoms with Crippen molar-refractivity contribution in [3.8, 4) is 0 Å². The average molecular weight is 336 g/mol. The molecule has 5 nitrogen and oxygen atoms in total. The maximum Gasteiger partial charge on any atom is 0.312 e. The molecule has 0 saturated heterocycles. The minimum atomic E-state index is -0.500. The smallest absolute Gasteiger partial charge is 0.312 e. The second-order valence-corrected chi connectivity index (χ2v) is 6.10. The van der Waals surface area contributed by atoms with E-state index in [2.05, 4.69) is 10.3 Å². The first-order chi connectivity index (χ1) is 10.9. The molecule has 0 bridgehead atoms. The van der Waals surface area contributed by atoms with E-state index in [0.717, 1.165) is 10.6 Å². The number of benzene rings is 1. The van der Waals surface area contributed by atoms with Crippen LogP contribution in [0.3, 0.4) is 0 Å². The topological polar surface area (TPSA) is 68.3 Å². The number of rotatable bonds is 6. The third kappa shape index (κ3) is 5.45. The molecule has 122 valence electrons. The molecule has 0 aliphatic heterocycles. The van der Waals surface area contributed by atoms with E-state index in [0.29, 0.717) is 5.69 Å². The molecule has 0 radical (unpaired) electrons. The first kappa shape index (κ1) is 17.1. The first-order valence-corrected chi connectivity index (χ1v) is 7.93. The number of nitrogens with zero attached hydrogens (tertiary/aromatic N) is 1. The Kier molecular flexibility index (Phi) is 5.81. The molecule has 1 atom stereocenters. The Morgan fingerprint density at radius 2 is 2.04 bits per heavy atom. The van der Waals surface area contributed by atoms with Crippen molar-refractivity contribution in [1.82, 2.24) is 10.3 Å². The lowest BCUT2D eigenvalue weighted by Gasteiger charge is -2.14. The summed E-state index contributed by atoms with van der Waals surface area (Å²) >= 11 is 1.45. The fraction of sp³-hybridized carbons (Fsp3) is 0.312. The first-order valence-electron chi connectivity index (χ1n) is 7.05. The molecule has 0 spiro atoms. The number of hydrogen-bond acceptors (Lipinski definition) is 5. The van der Waals surface area contributed by atoms with E-state index in [1.165, 1.54) is 23.5 Å². The number of carbonyl (C=O) groups is 2. The zero-order valence-corrected chi connectivity index (χ0v) is 13.7. The van der Waals surface area contributed by atoms with Crippen LogP contribution in [0.4, 0.5) is 4.39 Å². The number of amides is 1. The molecule has 23 heavy (non-hydrogen) atoms. The zero-order valence-electron chi connectivity index (χ0n) is 12.8. The molecule has 1 aromatic heterocycles. The van der Waals surface area contributed by atoms with Crippen LogP contribution < -0.4 is 5.32 Å². The van der Waals surface area contributed by atoms with Crippen LogP contribution in [-0.2, 0) is 20.7 Å². The summed E-state index contributed by atoms with van der Waals surface area (Å²) in [6, 6.07) is 5.54. The van der Waals surface area contributed by atoms with Crippen LogP contribution in [0.15, 0.2) is 29.6 Å². The Morgan fingerprint density at radius 1 is 1.35 bits per heavy atom. The van der Waals surface area contributed by atoms with Crippen molar-refractivity contribution in [1.29, 1.82) is 0 Å². The van der Waals surface area contributed by atoms with Gasteiger partial charge in [0.25, 0.3) is 5.91 Å². The second-order valence-electron chi connectivity index (χ2n) is 5.04. The monoisotopic (exact) mass is 336 g/mol. The average Bonchev–Trinajstić information content (AvgIpc) is 2.91. The highest BCUT2D eigenvalue weighted by Gasteiger charge is 2.13. The maximum atomic E-state index is 12.9. The van der Waals surface area contributed by atoms with Gasteiger partial charge in [0.05, 0.1) is 23.2 Å². The van der Waals surface area contributed by atoms with Gasteiger partial charge in [0.15, 0.2) is 6.61 Å². The Labute approximate surface area is 137 Å². The quantitative estimate of drug-likeness (QED) is 0.823. The van der Waals surface area contributed by atoms with Gasteiger partial charge in [-0.3, -0.25) is 9.59 Å². The normalized spacial score (nSPS) is 11.8. The van der Waals surface area contributed by atoms with Crippen LogP contribution in [0.5, 0.6) is 0 Å². The largest absolute Gasteiger partial charge is 0.455 e. The van der Waals surface area contributed by atoms with Gasteiger partial charge in [0.1, 0.15) is 5.82 Å². The van der Waals surface area contributed by atoms with Gasteiger partial charge in [-0.05, 0) is 31.5 Å². The number of ether oxygens (including phenoxy) is 1. The summed E-state index contributed by atoms with van der Waals surface area (Å²) in [5.74, 6) is -1.25. The minimum absolute atomic E-state index is 0.0468. The lowest BCUT2D eigenvalue weighted by atomic mass is 10.1. The number of carbonyl (C=O) groups excluding carboxylic acids is 2. The summed E-state index contributed by atoms with van der Waals surface area (Å²) in [4.78, 5) is 27.6. The van der Waals surface area contributed by atoms with Gasteiger partial charge in [0.2, 0.25) is 0 Å². The second kappa shape index (κ2) is 7.82. The maximum absolute atomic E-state index is 12.9. The molecule has 7 heteroatoms. The van der Waals surface area contributed by atoms with Gasteiger partial charge < -0.3 is 10.1 Å². The number of esters is 1. The molecular weight excluding hydrogens is 319 g/mol. The van der Waals surface area contributed by atoms with E-state index >= 15 is 0 Å². The van der Waals surface area contributed by atoms with Crippen molar-refractivity contribution in [2.45, 2.75) is 26.3 Å². The molecule has 2 rings (SSSR count). The molecular formula is C16H17FN2O3S. The Hall–Kier alpha value is -2.28. The van der Waals surface area contributed by atoms with Gasteiger partial charge in [0, 0.05) is 5.38 Å². The number of halogens is 1. The molecule has 2 aromatic rings. The van der Waals surface area contributed by atoms with Gasteiger partial charge in [-0.15, -0.1) is 11.3 Å². The van der Waals surface area contributed by atoms with E-state index in [1.807, 2.05) is 6.92 Å². The highest BCUT2D eigenvalue weighted by atomic mass is 32.1. The molecule has 0 aliphatic carbocycles. The fourth-order valence-electron chi connectivity index (χ4n) is 1.95. The number of aromatic nitrogens is 1. The van der Waals surface area contributed by atoms with Crippen molar-refractivity contribution in [2.24, 2.45) is 0 Å².